The number of aryl methyl sites for hydroxylation is 1. The van der Waals surface area contributed by atoms with Crippen LogP contribution in [0, 0.1) is 6.92 Å². The maximum Gasteiger partial charge on any atom is 0.433 e. The van der Waals surface area contributed by atoms with E-state index in [4.69, 9.17) is 5.73 Å². The van der Waals surface area contributed by atoms with Gasteiger partial charge in [-0.25, -0.2) is 15.0 Å². The zero-order valence-corrected chi connectivity index (χ0v) is 15.9. The fourth-order valence-corrected chi connectivity index (χ4v) is 4.17. The Bertz CT molecular complexity index is 1010. The van der Waals surface area contributed by atoms with Crippen molar-refractivity contribution in [1.29, 1.82) is 0 Å². The van der Waals surface area contributed by atoms with Gasteiger partial charge in [-0.1, -0.05) is 6.07 Å². The van der Waals surface area contributed by atoms with Crippen molar-refractivity contribution in [2.24, 2.45) is 5.73 Å². The van der Waals surface area contributed by atoms with E-state index in [1.165, 1.54) is 0 Å². The highest BCUT2D eigenvalue weighted by atomic mass is 32.1. The molecule has 1 aliphatic rings. The van der Waals surface area contributed by atoms with Gasteiger partial charge in [0.15, 0.2) is 0 Å². The lowest BCUT2D eigenvalue weighted by atomic mass is 9.78. The molecule has 1 saturated carbocycles. The summed E-state index contributed by atoms with van der Waals surface area (Å²) in [7, 11) is 0. The van der Waals surface area contributed by atoms with Crippen LogP contribution in [0.4, 0.5) is 24.8 Å². The van der Waals surface area contributed by atoms with Gasteiger partial charge >= 0.3 is 6.18 Å². The van der Waals surface area contributed by atoms with E-state index in [1.54, 1.807) is 17.5 Å². The second-order valence-corrected chi connectivity index (χ2v) is 8.05. The summed E-state index contributed by atoms with van der Waals surface area (Å²) < 4.78 is 38.6. The van der Waals surface area contributed by atoms with Crippen LogP contribution in [0.2, 0.25) is 0 Å². The quantitative estimate of drug-likeness (QED) is 0.638. The Balaban J connectivity index is 1.61. The Morgan fingerprint density at radius 1 is 1.18 bits per heavy atom. The average Bonchev–Trinajstić information content (AvgIpc) is 3.09. The number of hydrogen-bond acceptors (Lipinski definition) is 6. The summed E-state index contributed by atoms with van der Waals surface area (Å²) in [5.41, 5.74) is 7.52. The standard InChI is InChI=1S/C19H18F3N5S/c1-11-7-12(14-10-25-16(28-14)18(23)4-2-5-18)9-13(8-11)26-17-24-6-3-15(27-17)19(20,21)22/h3,6-10H,2,4-5,23H2,1H3,(H,24,26,27). The van der Waals surface area contributed by atoms with Crippen LogP contribution in [-0.4, -0.2) is 15.0 Å². The van der Waals surface area contributed by atoms with E-state index in [-0.39, 0.29) is 11.5 Å². The van der Waals surface area contributed by atoms with Gasteiger partial charge < -0.3 is 11.1 Å². The second kappa shape index (κ2) is 6.82. The molecule has 0 spiro atoms. The normalized spacial score (nSPS) is 15.9. The summed E-state index contributed by atoms with van der Waals surface area (Å²) >= 11 is 1.55. The first-order valence-electron chi connectivity index (χ1n) is 8.77. The van der Waals surface area contributed by atoms with Gasteiger partial charge in [0, 0.05) is 18.1 Å². The highest BCUT2D eigenvalue weighted by molar-refractivity contribution is 7.15. The molecule has 9 heteroatoms. The SMILES string of the molecule is Cc1cc(Nc2nccc(C(F)(F)F)n2)cc(-c2cnc(C3(N)CCC3)s2)c1. The Hall–Kier alpha value is -2.52. The first kappa shape index (κ1) is 18.8. The molecular formula is C19H18F3N5S. The van der Waals surface area contributed by atoms with E-state index in [9.17, 15) is 13.2 Å². The molecule has 1 fully saturated rings. The van der Waals surface area contributed by atoms with Crippen LogP contribution in [0.3, 0.4) is 0 Å². The molecule has 0 atom stereocenters. The van der Waals surface area contributed by atoms with Crippen LogP contribution >= 0.6 is 11.3 Å². The molecular weight excluding hydrogens is 387 g/mol. The molecule has 1 aromatic carbocycles. The lowest BCUT2D eigenvalue weighted by Gasteiger charge is -2.35. The summed E-state index contributed by atoms with van der Waals surface area (Å²) in [6.45, 7) is 1.92. The Morgan fingerprint density at radius 3 is 2.64 bits per heavy atom. The molecule has 1 aliphatic carbocycles. The van der Waals surface area contributed by atoms with Crippen LogP contribution in [0.5, 0.6) is 0 Å². The van der Waals surface area contributed by atoms with E-state index >= 15 is 0 Å². The lowest BCUT2D eigenvalue weighted by molar-refractivity contribution is -0.141. The minimum Gasteiger partial charge on any atom is -0.324 e. The second-order valence-electron chi connectivity index (χ2n) is 7.02. The van der Waals surface area contributed by atoms with Crippen molar-refractivity contribution in [3.8, 4) is 10.4 Å². The van der Waals surface area contributed by atoms with Gasteiger partial charge in [0.05, 0.1) is 10.4 Å². The van der Waals surface area contributed by atoms with Crippen molar-refractivity contribution >= 4 is 23.0 Å². The number of thiazole rings is 1. The maximum absolute atomic E-state index is 12.9. The van der Waals surface area contributed by atoms with Gasteiger partial charge in [-0.15, -0.1) is 11.3 Å². The van der Waals surface area contributed by atoms with Crippen LogP contribution in [0.1, 0.15) is 35.5 Å². The molecule has 0 radical (unpaired) electrons. The smallest absolute Gasteiger partial charge is 0.324 e. The fourth-order valence-electron chi connectivity index (χ4n) is 3.11. The zero-order chi connectivity index (χ0) is 19.9. The van der Waals surface area contributed by atoms with Crippen molar-refractivity contribution in [1.82, 2.24) is 15.0 Å². The molecule has 3 N–H and O–H groups in total. The monoisotopic (exact) mass is 405 g/mol. The summed E-state index contributed by atoms with van der Waals surface area (Å²) in [5.74, 6) is -0.105. The van der Waals surface area contributed by atoms with Gasteiger partial charge in [0.1, 0.15) is 10.7 Å². The van der Waals surface area contributed by atoms with Gasteiger partial charge in [-0.2, -0.15) is 13.2 Å². The highest BCUT2D eigenvalue weighted by Gasteiger charge is 2.37. The Kier molecular flexibility index (Phi) is 4.59. The number of benzene rings is 1. The summed E-state index contributed by atoms with van der Waals surface area (Å²) in [6, 6.07) is 6.51. The Labute approximate surface area is 163 Å². The third kappa shape index (κ3) is 3.72. The number of halogens is 3. The van der Waals surface area contributed by atoms with E-state index in [2.05, 4.69) is 20.3 Å². The summed E-state index contributed by atoms with van der Waals surface area (Å²) in [4.78, 5) is 12.9. The molecule has 146 valence electrons. The minimum atomic E-state index is -4.52. The van der Waals surface area contributed by atoms with Crippen molar-refractivity contribution in [3.63, 3.8) is 0 Å². The molecule has 2 heterocycles. The minimum absolute atomic E-state index is 0.105. The number of nitrogens with two attached hydrogens (primary N) is 1. The third-order valence-electron chi connectivity index (χ3n) is 4.74. The van der Waals surface area contributed by atoms with E-state index < -0.39 is 11.9 Å². The molecule has 2 aromatic heterocycles. The highest BCUT2D eigenvalue weighted by Crippen LogP contribution is 2.42. The van der Waals surface area contributed by atoms with E-state index in [0.29, 0.717) is 5.69 Å². The predicted octanol–water partition coefficient (Wildman–Crippen LogP) is 5.01. The molecule has 5 nitrogen and oxygen atoms in total. The van der Waals surface area contributed by atoms with Crippen molar-refractivity contribution in [2.75, 3.05) is 5.32 Å². The van der Waals surface area contributed by atoms with Crippen molar-refractivity contribution < 1.29 is 13.2 Å². The number of nitrogens with one attached hydrogen (secondary N) is 1. The first-order valence-corrected chi connectivity index (χ1v) is 9.59. The molecule has 3 aromatic rings. The van der Waals surface area contributed by atoms with Crippen molar-refractivity contribution in [2.45, 2.75) is 37.9 Å². The topological polar surface area (TPSA) is 76.7 Å². The zero-order valence-electron chi connectivity index (χ0n) is 15.0. The number of aromatic nitrogens is 3. The molecule has 28 heavy (non-hydrogen) atoms. The summed E-state index contributed by atoms with van der Waals surface area (Å²) in [6.07, 6.45) is 1.35. The van der Waals surface area contributed by atoms with Crippen LogP contribution in [0.15, 0.2) is 36.7 Å². The molecule has 0 amide bonds. The molecule has 0 aliphatic heterocycles. The summed E-state index contributed by atoms with van der Waals surface area (Å²) in [5, 5.41) is 3.79. The molecule has 0 unspecified atom stereocenters. The van der Waals surface area contributed by atoms with Crippen molar-refractivity contribution in [3.05, 3.63) is 52.9 Å². The number of hydrogen-bond donors (Lipinski definition) is 2. The predicted molar refractivity (Wildman–Crippen MR) is 102 cm³/mol. The maximum atomic E-state index is 12.9. The molecule has 0 bridgehead atoms. The number of rotatable bonds is 4. The van der Waals surface area contributed by atoms with Crippen LogP contribution in [0.25, 0.3) is 10.4 Å². The van der Waals surface area contributed by atoms with Gasteiger partial charge in [0.2, 0.25) is 5.95 Å². The van der Waals surface area contributed by atoms with E-state index in [1.807, 2.05) is 25.1 Å². The average molecular weight is 405 g/mol. The van der Waals surface area contributed by atoms with E-state index in [0.717, 1.165) is 52.5 Å². The molecule has 0 saturated heterocycles. The van der Waals surface area contributed by atoms with Crippen LogP contribution < -0.4 is 11.1 Å². The van der Waals surface area contributed by atoms with Gasteiger partial charge in [-0.3, -0.25) is 0 Å². The number of anilines is 2. The fraction of sp³-hybridized carbons (Fsp3) is 0.316. The number of alkyl halides is 3. The largest absolute Gasteiger partial charge is 0.433 e. The lowest BCUT2D eigenvalue weighted by Crippen LogP contribution is -2.43. The van der Waals surface area contributed by atoms with Gasteiger partial charge in [0.25, 0.3) is 0 Å². The van der Waals surface area contributed by atoms with Gasteiger partial charge in [-0.05, 0) is 55.5 Å². The third-order valence-corrected chi connectivity index (χ3v) is 6.01. The number of nitrogens with zero attached hydrogens (tertiary/aromatic N) is 3. The first-order chi connectivity index (χ1) is 13.2. The van der Waals surface area contributed by atoms with Crippen LogP contribution in [-0.2, 0) is 11.7 Å². The molecule has 4 rings (SSSR count). The Morgan fingerprint density at radius 2 is 1.96 bits per heavy atom.